The summed E-state index contributed by atoms with van der Waals surface area (Å²) in [5, 5.41) is 5.91. The van der Waals surface area contributed by atoms with Crippen molar-refractivity contribution in [2.24, 2.45) is 0 Å². The summed E-state index contributed by atoms with van der Waals surface area (Å²) >= 11 is 0. The molecule has 1 atom stereocenters. The number of benzene rings is 2. The van der Waals surface area contributed by atoms with Crippen LogP contribution in [0.4, 0.5) is 5.69 Å². The van der Waals surface area contributed by atoms with E-state index in [9.17, 15) is 9.59 Å². The predicted molar refractivity (Wildman–Crippen MR) is 100 cm³/mol. The van der Waals surface area contributed by atoms with Crippen LogP contribution in [0, 0.1) is 0 Å². The van der Waals surface area contributed by atoms with Crippen molar-refractivity contribution in [3.8, 4) is 5.75 Å². The van der Waals surface area contributed by atoms with Crippen molar-refractivity contribution in [3.63, 3.8) is 0 Å². The summed E-state index contributed by atoms with van der Waals surface area (Å²) in [6.45, 7) is 4.06. The summed E-state index contributed by atoms with van der Waals surface area (Å²) in [5.74, 6) is 0.0582. The summed E-state index contributed by atoms with van der Waals surface area (Å²) < 4.78 is 10.4. The van der Waals surface area contributed by atoms with Gasteiger partial charge in [-0.25, -0.2) is 4.79 Å². The number of para-hydroxylation sites is 2. The second-order valence-corrected chi connectivity index (χ2v) is 5.66. The van der Waals surface area contributed by atoms with Gasteiger partial charge >= 0.3 is 5.97 Å². The van der Waals surface area contributed by atoms with E-state index < -0.39 is 5.97 Å². The Morgan fingerprint density at radius 2 is 1.77 bits per heavy atom. The van der Waals surface area contributed by atoms with Crippen molar-refractivity contribution in [1.29, 1.82) is 0 Å². The lowest BCUT2D eigenvalue weighted by molar-refractivity contribution is -0.115. The van der Waals surface area contributed by atoms with E-state index in [2.05, 4.69) is 10.6 Å². The average molecular weight is 356 g/mol. The zero-order valence-electron chi connectivity index (χ0n) is 15.2. The first-order valence-corrected chi connectivity index (χ1v) is 8.49. The summed E-state index contributed by atoms with van der Waals surface area (Å²) in [7, 11) is 1.62. The van der Waals surface area contributed by atoms with Gasteiger partial charge in [0.2, 0.25) is 5.91 Å². The highest BCUT2D eigenvalue weighted by Gasteiger charge is 2.15. The molecule has 0 saturated heterocycles. The van der Waals surface area contributed by atoms with E-state index in [1.54, 1.807) is 38.3 Å². The van der Waals surface area contributed by atoms with Crippen LogP contribution in [0.5, 0.6) is 5.75 Å². The van der Waals surface area contributed by atoms with Gasteiger partial charge in [-0.05, 0) is 32.0 Å². The molecule has 2 rings (SSSR count). The third-order valence-electron chi connectivity index (χ3n) is 3.87. The van der Waals surface area contributed by atoms with E-state index in [4.69, 9.17) is 9.47 Å². The molecule has 1 amide bonds. The molecule has 2 N–H and O–H groups in total. The van der Waals surface area contributed by atoms with Gasteiger partial charge in [0.25, 0.3) is 0 Å². The molecule has 0 spiro atoms. The number of hydrogen-bond acceptors (Lipinski definition) is 5. The maximum Gasteiger partial charge on any atom is 0.340 e. The SMILES string of the molecule is CCOC(=O)c1ccccc1NC(=O)CNC(C)c1ccccc1OC. The van der Waals surface area contributed by atoms with Gasteiger partial charge in [0.15, 0.2) is 0 Å². The number of nitrogens with one attached hydrogen (secondary N) is 2. The highest BCUT2D eigenvalue weighted by Crippen LogP contribution is 2.24. The Bertz CT molecular complexity index is 761. The standard InChI is InChI=1S/C20H24N2O4/c1-4-26-20(24)16-10-5-7-11-17(16)22-19(23)13-21-14(2)15-9-6-8-12-18(15)25-3/h5-12,14,21H,4,13H2,1-3H3,(H,22,23). The van der Waals surface area contributed by atoms with Crippen LogP contribution >= 0.6 is 0 Å². The minimum absolute atomic E-state index is 0.0720. The molecule has 0 aromatic heterocycles. The van der Waals surface area contributed by atoms with Gasteiger partial charge in [0.05, 0.1) is 31.5 Å². The summed E-state index contributed by atoms with van der Waals surface area (Å²) in [5.41, 5.74) is 1.73. The van der Waals surface area contributed by atoms with E-state index in [-0.39, 0.29) is 25.1 Å². The third kappa shape index (κ3) is 5.07. The second kappa shape index (κ2) is 9.58. The van der Waals surface area contributed by atoms with Crippen molar-refractivity contribution in [2.45, 2.75) is 19.9 Å². The van der Waals surface area contributed by atoms with Crippen LogP contribution in [0.2, 0.25) is 0 Å². The number of amides is 1. The van der Waals surface area contributed by atoms with Crippen LogP contribution in [0.15, 0.2) is 48.5 Å². The lowest BCUT2D eigenvalue weighted by Gasteiger charge is -2.17. The van der Waals surface area contributed by atoms with Gasteiger partial charge < -0.3 is 20.1 Å². The number of anilines is 1. The lowest BCUT2D eigenvalue weighted by Crippen LogP contribution is -2.30. The van der Waals surface area contributed by atoms with E-state index in [1.807, 2.05) is 31.2 Å². The van der Waals surface area contributed by atoms with Crippen LogP contribution < -0.4 is 15.4 Å². The number of ether oxygens (including phenoxy) is 2. The fourth-order valence-electron chi connectivity index (χ4n) is 2.55. The van der Waals surface area contributed by atoms with Gasteiger partial charge in [-0.3, -0.25) is 4.79 Å². The van der Waals surface area contributed by atoms with Crippen LogP contribution in [-0.4, -0.2) is 32.1 Å². The predicted octanol–water partition coefficient (Wildman–Crippen LogP) is 3.16. The molecule has 1 unspecified atom stereocenters. The highest BCUT2D eigenvalue weighted by atomic mass is 16.5. The third-order valence-corrected chi connectivity index (χ3v) is 3.87. The second-order valence-electron chi connectivity index (χ2n) is 5.66. The van der Waals surface area contributed by atoms with E-state index in [0.29, 0.717) is 11.3 Å². The van der Waals surface area contributed by atoms with Crippen LogP contribution in [0.1, 0.15) is 35.8 Å². The Hall–Kier alpha value is -2.86. The smallest absolute Gasteiger partial charge is 0.340 e. The molecular formula is C20H24N2O4. The molecule has 2 aromatic carbocycles. The van der Waals surface area contributed by atoms with Gasteiger partial charge in [-0.2, -0.15) is 0 Å². The first-order chi connectivity index (χ1) is 12.6. The van der Waals surface area contributed by atoms with Gasteiger partial charge in [-0.15, -0.1) is 0 Å². The van der Waals surface area contributed by atoms with E-state index >= 15 is 0 Å². The average Bonchev–Trinajstić information content (AvgIpc) is 2.66. The molecular weight excluding hydrogens is 332 g/mol. The van der Waals surface area contributed by atoms with Crippen LogP contribution in [0.3, 0.4) is 0 Å². The normalized spacial score (nSPS) is 11.5. The zero-order chi connectivity index (χ0) is 18.9. The van der Waals surface area contributed by atoms with Crippen molar-refractivity contribution < 1.29 is 19.1 Å². The molecule has 26 heavy (non-hydrogen) atoms. The minimum atomic E-state index is -0.459. The zero-order valence-corrected chi connectivity index (χ0v) is 15.2. The maximum atomic E-state index is 12.3. The topological polar surface area (TPSA) is 76.7 Å². The van der Waals surface area contributed by atoms with E-state index in [1.165, 1.54) is 0 Å². The lowest BCUT2D eigenvalue weighted by atomic mass is 10.1. The fraction of sp³-hybridized carbons (Fsp3) is 0.300. The molecule has 0 bridgehead atoms. The summed E-state index contributed by atoms with van der Waals surface area (Å²) in [6, 6.07) is 14.4. The first kappa shape index (κ1) is 19.5. The largest absolute Gasteiger partial charge is 0.496 e. The molecule has 6 nitrogen and oxygen atoms in total. The monoisotopic (exact) mass is 356 g/mol. The number of carbonyl (C=O) groups is 2. The Labute approximate surface area is 153 Å². The molecule has 6 heteroatoms. The Morgan fingerprint density at radius 3 is 2.50 bits per heavy atom. The van der Waals surface area contributed by atoms with E-state index in [0.717, 1.165) is 11.3 Å². The highest BCUT2D eigenvalue weighted by molar-refractivity contribution is 6.01. The Balaban J connectivity index is 1.98. The van der Waals surface area contributed by atoms with Crippen molar-refractivity contribution in [3.05, 3.63) is 59.7 Å². The molecule has 0 fully saturated rings. The molecule has 0 aliphatic heterocycles. The Kier molecular flexibility index (Phi) is 7.17. The Morgan fingerprint density at radius 1 is 1.08 bits per heavy atom. The number of rotatable bonds is 8. The number of esters is 1. The van der Waals surface area contributed by atoms with Crippen LogP contribution in [0.25, 0.3) is 0 Å². The molecule has 2 aromatic rings. The number of hydrogen-bond donors (Lipinski definition) is 2. The maximum absolute atomic E-state index is 12.3. The van der Waals surface area contributed by atoms with Crippen LogP contribution in [-0.2, 0) is 9.53 Å². The van der Waals surface area contributed by atoms with Crippen molar-refractivity contribution in [2.75, 3.05) is 25.6 Å². The van der Waals surface area contributed by atoms with Gasteiger partial charge in [0.1, 0.15) is 5.75 Å². The summed E-state index contributed by atoms with van der Waals surface area (Å²) in [4.78, 5) is 24.2. The summed E-state index contributed by atoms with van der Waals surface area (Å²) in [6.07, 6.45) is 0. The molecule has 0 heterocycles. The van der Waals surface area contributed by atoms with Gasteiger partial charge in [-0.1, -0.05) is 30.3 Å². The minimum Gasteiger partial charge on any atom is -0.496 e. The molecule has 0 radical (unpaired) electrons. The molecule has 0 saturated carbocycles. The number of carbonyl (C=O) groups excluding carboxylic acids is 2. The number of methoxy groups -OCH3 is 1. The molecule has 0 aliphatic carbocycles. The van der Waals surface area contributed by atoms with Crippen molar-refractivity contribution >= 4 is 17.6 Å². The fourth-order valence-corrected chi connectivity index (χ4v) is 2.55. The quantitative estimate of drug-likeness (QED) is 0.711. The molecule has 138 valence electrons. The van der Waals surface area contributed by atoms with Gasteiger partial charge in [0, 0.05) is 11.6 Å². The molecule has 0 aliphatic rings. The van der Waals surface area contributed by atoms with Crippen molar-refractivity contribution in [1.82, 2.24) is 5.32 Å². The first-order valence-electron chi connectivity index (χ1n) is 8.49.